The summed E-state index contributed by atoms with van der Waals surface area (Å²) in [6.07, 6.45) is 5.09. The van der Waals surface area contributed by atoms with Crippen molar-refractivity contribution < 1.29 is 9.29 Å². The molecule has 3 heteroatoms. The second-order valence-corrected chi connectivity index (χ2v) is 1.99. The normalized spacial score (nSPS) is 17.4. The summed E-state index contributed by atoms with van der Waals surface area (Å²) in [6.45, 7) is 0.569. The fourth-order valence-corrected chi connectivity index (χ4v) is 0.696. The van der Waals surface area contributed by atoms with E-state index in [4.69, 9.17) is 9.29 Å². The molecule has 2 nitrogen and oxygen atoms in total. The molecule has 0 saturated carbocycles. The molecule has 44 valence electrons. The third-order valence-corrected chi connectivity index (χ3v) is 1.33. The highest BCUT2D eigenvalue weighted by molar-refractivity contribution is 7.97. The summed E-state index contributed by atoms with van der Waals surface area (Å²) in [5.74, 6) is 0. The van der Waals surface area contributed by atoms with Crippen molar-refractivity contribution in [2.75, 3.05) is 6.61 Å². The summed E-state index contributed by atoms with van der Waals surface area (Å²) in [5, 5.41) is 0. The van der Waals surface area contributed by atoms with E-state index in [0.29, 0.717) is 6.61 Å². The highest BCUT2D eigenvalue weighted by Gasteiger charge is 1.93. The minimum absolute atomic E-state index is 0.569. The third kappa shape index (κ3) is 1.28. The van der Waals surface area contributed by atoms with Crippen LogP contribution in [0.5, 0.6) is 0 Å². The minimum atomic E-state index is 0.569. The summed E-state index contributed by atoms with van der Waals surface area (Å²) in [7, 11) is 0. The van der Waals surface area contributed by atoms with E-state index in [1.54, 1.807) is 12.3 Å². The molecule has 1 N–H and O–H groups in total. The third-order valence-electron chi connectivity index (χ3n) is 0.815. The summed E-state index contributed by atoms with van der Waals surface area (Å²) >= 11 is 0.740. The number of allylic oxidation sites excluding steroid dienone is 1. The average molecular weight is 130 g/mol. The Morgan fingerprint density at radius 2 is 2.62 bits per heavy atom. The Labute approximate surface area is 52.1 Å². The highest BCUT2D eigenvalue weighted by Crippen LogP contribution is 2.14. The maximum Gasteiger partial charge on any atom is 0.107 e. The van der Waals surface area contributed by atoms with Gasteiger partial charge in [-0.3, -0.25) is 0 Å². The van der Waals surface area contributed by atoms with Crippen LogP contribution in [0.15, 0.2) is 23.3 Å². The van der Waals surface area contributed by atoms with Gasteiger partial charge in [0, 0.05) is 16.9 Å². The van der Waals surface area contributed by atoms with Crippen molar-refractivity contribution in [2.24, 2.45) is 0 Å². The van der Waals surface area contributed by atoms with Gasteiger partial charge in [0.25, 0.3) is 0 Å². The molecule has 8 heavy (non-hydrogen) atoms. The average Bonchev–Trinajstić information content (AvgIpc) is 1.90. The Morgan fingerprint density at radius 1 is 1.75 bits per heavy atom. The number of hydrogen-bond donors (Lipinski definition) is 1. The van der Waals surface area contributed by atoms with Gasteiger partial charge in [-0.1, -0.05) is 0 Å². The van der Waals surface area contributed by atoms with Crippen molar-refractivity contribution in [3.8, 4) is 0 Å². The van der Waals surface area contributed by atoms with E-state index in [1.165, 1.54) is 0 Å². The standard InChI is InChI=1S/C5H6O2S/c6-8-5-1-3-7-4-2-5/h1-3,6H,4H2. The number of rotatable bonds is 1. The molecule has 0 saturated heterocycles. The molecule has 0 radical (unpaired) electrons. The van der Waals surface area contributed by atoms with Crippen LogP contribution in [0, 0.1) is 0 Å². The van der Waals surface area contributed by atoms with Gasteiger partial charge in [-0.25, -0.2) is 0 Å². The molecular weight excluding hydrogens is 124 g/mol. The van der Waals surface area contributed by atoms with Gasteiger partial charge < -0.3 is 9.29 Å². The zero-order valence-corrected chi connectivity index (χ0v) is 5.02. The summed E-state index contributed by atoms with van der Waals surface area (Å²) in [5.41, 5.74) is 0. The quantitative estimate of drug-likeness (QED) is 0.547. The first-order chi connectivity index (χ1) is 3.93. The molecule has 1 rings (SSSR count). The van der Waals surface area contributed by atoms with Gasteiger partial charge in [0.15, 0.2) is 0 Å². The Bertz CT molecular complexity index is 128. The van der Waals surface area contributed by atoms with Gasteiger partial charge in [0.2, 0.25) is 0 Å². The lowest BCUT2D eigenvalue weighted by molar-refractivity contribution is 0.285. The van der Waals surface area contributed by atoms with Crippen LogP contribution in [0.3, 0.4) is 0 Å². The number of ether oxygens (including phenoxy) is 1. The predicted octanol–water partition coefficient (Wildman–Crippen LogP) is 1.62. The molecule has 0 atom stereocenters. The Balaban J connectivity index is 2.51. The zero-order valence-electron chi connectivity index (χ0n) is 4.20. The Kier molecular flexibility index (Phi) is 2.00. The topological polar surface area (TPSA) is 29.5 Å². The monoisotopic (exact) mass is 130 g/mol. The van der Waals surface area contributed by atoms with Crippen molar-refractivity contribution >= 4 is 12.0 Å². The van der Waals surface area contributed by atoms with Crippen molar-refractivity contribution in [1.82, 2.24) is 0 Å². The van der Waals surface area contributed by atoms with Crippen LogP contribution >= 0.6 is 12.0 Å². The zero-order chi connectivity index (χ0) is 5.82. The van der Waals surface area contributed by atoms with Gasteiger partial charge in [0.1, 0.15) is 6.61 Å². The highest BCUT2D eigenvalue weighted by atomic mass is 32.2. The number of hydrogen-bond acceptors (Lipinski definition) is 3. The van der Waals surface area contributed by atoms with Gasteiger partial charge >= 0.3 is 0 Å². The van der Waals surface area contributed by atoms with Crippen LogP contribution in [0.1, 0.15) is 0 Å². The Morgan fingerprint density at radius 3 is 3.00 bits per heavy atom. The lowest BCUT2D eigenvalue weighted by atomic mass is 10.4. The lowest BCUT2D eigenvalue weighted by Gasteiger charge is -2.01. The van der Waals surface area contributed by atoms with E-state index in [2.05, 4.69) is 0 Å². The molecule has 0 spiro atoms. The molecule has 0 bridgehead atoms. The van der Waals surface area contributed by atoms with Crippen molar-refractivity contribution in [3.05, 3.63) is 23.3 Å². The molecule has 1 heterocycles. The summed E-state index contributed by atoms with van der Waals surface area (Å²) in [4.78, 5) is 0.844. The van der Waals surface area contributed by atoms with Crippen LogP contribution in [0.2, 0.25) is 0 Å². The SMILES string of the molecule is OSC1=CCOC=C1. The fraction of sp³-hybridized carbons (Fsp3) is 0.200. The van der Waals surface area contributed by atoms with E-state index in [9.17, 15) is 0 Å². The molecular formula is C5H6O2S. The molecule has 0 amide bonds. The van der Waals surface area contributed by atoms with Gasteiger partial charge in [0.05, 0.1) is 6.26 Å². The van der Waals surface area contributed by atoms with Crippen molar-refractivity contribution in [2.45, 2.75) is 0 Å². The second kappa shape index (κ2) is 2.79. The Hall–Kier alpha value is -0.410. The molecule has 0 aliphatic carbocycles. The van der Waals surface area contributed by atoms with Crippen LogP contribution in [0.25, 0.3) is 0 Å². The maximum atomic E-state index is 8.43. The molecule has 0 aromatic heterocycles. The molecule has 1 aliphatic rings. The fourth-order valence-electron chi connectivity index (χ4n) is 0.437. The summed E-state index contributed by atoms with van der Waals surface area (Å²) < 4.78 is 13.3. The first-order valence-electron chi connectivity index (χ1n) is 2.23. The van der Waals surface area contributed by atoms with E-state index in [0.717, 1.165) is 16.9 Å². The van der Waals surface area contributed by atoms with Gasteiger partial charge in [-0.05, 0) is 12.2 Å². The maximum absolute atomic E-state index is 8.43. The molecule has 0 aromatic carbocycles. The first kappa shape index (κ1) is 5.72. The smallest absolute Gasteiger partial charge is 0.107 e. The van der Waals surface area contributed by atoms with E-state index < -0.39 is 0 Å². The molecule has 0 fully saturated rings. The first-order valence-corrected chi connectivity index (χ1v) is 3.00. The molecule has 1 aliphatic heterocycles. The van der Waals surface area contributed by atoms with E-state index >= 15 is 0 Å². The van der Waals surface area contributed by atoms with E-state index in [-0.39, 0.29) is 0 Å². The van der Waals surface area contributed by atoms with Gasteiger partial charge in [-0.2, -0.15) is 0 Å². The van der Waals surface area contributed by atoms with Crippen molar-refractivity contribution in [1.29, 1.82) is 0 Å². The predicted molar refractivity (Wildman–Crippen MR) is 33.4 cm³/mol. The van der Waals surface area contributed by atoms with Crippen LogP contribution in [-0.2, 0) is 4.74 Å². The van der Waals surface area contributed by atoms with Gasteiger partial charge in [-0.15, -0.1) is 0 Å². The molecule has 0 aromatic rings. The van der Waals surface area contributed by atoms with Crippen molar-refractivity contribution in [3.63, 3.8) is 0 Å². The lowest BCUT2D eigenvalue weighted by Crippen LogP contribution is -1.88. The molecule has 0 unspecified atom stereocenters. The van der Waals surface area contributed by atoms with Crippen LogP contribution in [-0.4, -0.2) is 11.2 Å². The minimum Gasteiger partial charge on any atom is -0.497 e. The van der Waals surface area contributed by atoms with Crippen LogP contribution < -0.4 is 0 Å². The van der Waals surface area contributed by atoms with E-state index in [1.807, 2.05) is 6.08 Å². The van der Waals surface area contributed by atoms with Crippen LogP contribution in [0.4, 0.5) is 0 Å². The summed E-state index contributed by atoms with van der Waals surface area (Å²) in [6, 6.07) is 0. The second-order valence-electron chi connectivity index (χ2n) is 1.33. The largest absolute Gasteiger partial charge is 0.497 e.